The molecule has 0 bridgehead atoms. The molecule has 3 aromatic carbocycles. The Kier molecular flexibility index (Phi) is 7.70. The Morgan fingerprint density at radius 2 is 1.82 bits per heavy atom. The minimum Gasteiger partial charge on any atom is -0.466 e. The molecule has 0 unspecified atom stereocenters. The molecule has 0 atom stereocenters. The van der Waals surface area contributed by atoms with Crippen LogP contribution in [0, 0.1) is 0 Å². The lowest BCUT2D eigenvalue weighted by atomic mass is 10.0. The normalized spacial score (nSPS) is 14.0. The van der Waals surface area contributed by atoms with Crippen LogP contribution in [-0.4, -0.2) is 53.8 Å². The van der Waals surface area contributed by atoms with Crippen LogP contribution in [0.5, 0.6) is 0 Å². The van der Waals surface area contributed by atoms with Crippen LogP contribution in [0.15, 0.2) is 90.7 Å². The molecule has 0 saturated heterocycles. The number of fused-ring (bicyclic) bond motifs is 1. The Hall–Kier alpha value is -4.49. The molecule has 198 valence electrons. The van der Waals surface area contributed by atoms with E-state index in [1.807, 2.05) is 53.2 Å². The number of ether oxygens (including phenoxy) is 1. The molecule has 1 amide bonds. The van der Waals surface area contributed by atoms with Gasteiger partial charge in [0, 0.05) is 42.9 Å². The van der Waals surface area contributed by atoms with Gasteiger partial charge in [-0.1, -0.05) is 48.5 Å². The number of amides is 1. The number of benzene rings is 3. The number of nitrogens with zero attached hydrogens (tertiary/aromatic N) is 4. The number of methoxy groups -OCH3 is 1. The average molecular weight is 521 g/mol. The van der Waals surface area contributed by atoms with E-state index in [1.54, 1.807) is 6.08 Å². The van der Waals surface area contributed by atoms with Crippen molar-refractivity contribution < 1.29 is 14.3 Å². The van der Waals surface area contributed by atoms with Crippen LogP contribution in [0.1, 0.15) is 17.5 Å². The molecule has 0 saturated carbocycles. The first-order valence-corrected chi connectivity index (χ1v) is 13.0. The first kappa shape index (κ1) is 26.1. The summed E-state index contributed by atoms with van der Waals surface area (Å²) in [6.07, 6.45) is 7.69. The summed E-state index contributed by atoms with van der Waals surface area (Å²) in [6.45, 7) is 2.04. The molecule has 7 nitrogen and oxygen atoms in total. The van der Waals surface area contributed by atoms with Crippen molar-refractivity contribution in [3.63, 3.8) is 0 Å². The lowest BCUT2D eigenvalue weighted by molar-refractivity contribution is -0.134. The van der Waals surface area contributed by atoms with E-state index in [2.05, 4.69) is 59.5 Å². The van der Waals surface area contributed by atoms with Gasteiger partial charge in [-0.05, 0) is 66.1 Å². The zero-order valence-electron chi connectivity index (χ0n) is 22.5. The number of hydrogen-bond donors (Lipinski definition) is 0. The molecule has 4 aromatic rings. The maximum absolute atomic E-state index is 13.8. The number of carbonyl (C=O) groups is 2. The van der Waals surface area contributed by atoms with Crippen molar-refractivity contribution in [3.05, 3.63) is 102 Å². The molecule has 7 heteroatoms. The summed E-state index contributed by atoms with van der Waals surface area (Å²) < 4.78 is 6.58. The quantitative estimate of drug-likeness (QED) is 0.247. The molecule has 1 aliphatic rings. The minimum atomic E-state index is -0.424. The predicted octanol–water partition coefficient (Wildman–Crippen LogP) is 5.22. The van der Waals surface area contributed by atoms with Crippen molar-refractivity contribution in [3.8, 4) is 11.1 Å². The highest BCUT2D eigenvalue weighted by molar-refractivity contribution is 6.05. The molecule has 0 spiro atoms. The second-order valence-corrected chi connectivity index (χ2v) is 9.82. The Morgan fingerprint density at radius 3 is 2.56 bits per heavy atom. The number of carbonyl (C=O) groups excluding carboxylic acids is 2. The first-order chi connectivity index (χ1) is 18.9. The molecule has 39 heavy (non-hydrogen) atoms. The fourth-order valence-corrected chi connectivity index (χ4v) is 4.78. The molecule has 0 aliphatic carbocycles. The molecule has 0 N–H and O–H groups in total. The van der Waals surface area contributed by atoms with Crippen LogP contribution in [0.4, 0.5) is 5.69 Å². The number of aryl methyl sites for hydroxylation is 1. The van der Waals surface area contributed by atoms with Gasteiger partial charge in [-0.2, -0.15) is 5.10 Å². The third kappa shape index (κ3) is 5.99. The molecule has 1 aliphatic heterocycles. The van der Waals surface area contributed by atoms with Crippen molar-refractivity contribution in [2.24, 2.45) is 7.05 Å². The molecule has 1 aromatic heterocycles. The average Bonchev–Trinajstić information content (AvgIpc) is 3.35. The SMILES string of the molecule is COC(=O)/C=C/c1cccc(N(Cc2ccc(-c3ccc4c(cnn4C)c3)cc2)C(=O)C2=CCN(C)CC2)c1. The van der Waals surface area contributed by atoms with Gasteiger partial charge in [0.25, 0.3) is 5.91 Å². The summed E-state index contributed by atoms with van der Waals surface area (Å²) in [6, 6.07) is 22.3. The number of hydrogen-bond acceptors (Lipinski definition) is 5. The summed E-state index contributed by atoms with van der Waals surface area (Å²) in [5.74, 6) is -0.420. The van der Waals surface area contributed by atoms with Crippen LogP contribution < -0.4 is 4.90 Å². The first-order valence-electron chi connectivity index (χ1n) is 13.0. The number of aromatic nitrogens is 2. The van der Waals surface area contributed by atoms with E-state index in [9.17, 15) is 9.59 Å². The maximum Gasteiger partial charge on any atom is 0.330 e. The second-order valence-electron chi connectivity index (χ2n) is 9.82. The lowest BCUT2D eigenvalue weighted by Gasteiger charge is -2.28. The molecule has 2 heterocycles. The van der Waals surface area contributed by atoms with Gasteiger partial charge in [0.1, 0.15) is 0 Å². The van der Waals surface area contributed by atoms with Crippen molar-refractivity contribution >= 4 is 34.5 Å². The van der Waals surface area contributed by atoms with Crippen molar-refractivity contribution in [2.45, 2.75) is 13.0 Å². The van der Waals surface area contributed by atoms with E-state index in [1.165, 1.54) is 13.2 Å². The summed E-state index contributed by atoms with van der Waals surface area (Å²) in [5.41, 5.74) is 6.76. The zero-order valence-corrected chi connectivity index (χ0v) is 22.5. The fraction of sp³-hybridized carbons (Fsp3) is 0.219. The van der Waals surface area contributed by atoms with Crippen LogP contribution in [0.3, 0.4) is 0 Å². The smallest absolute Gasteiger partial charge is 0.330 e. The number of likely N-dealkylation sites (N-methyl/N-ethyl adjacent to an activating group) is 1. The monoisotopic (exact) mass is 520 g/mol. The minimum absolute atomic E-state index is 0.00306. The van der Waals surface area contributed by atoms with Gasteiger partial charge in [-0.3, -0.25) is 9.48 Å². The van der Waals surface area contributed by atoms with Crippen LogP contribution >= 0.6 is 0 Å². The van der Waals surface area contributed by atoms with E-state index in [-0.39, 0.29) is 5.91 Å². The van der Waals surface area contributed by atoms with E-state index >= 15 is 0 Å². The number of rotatable bonds is 7. The molecule has 0 fully saturated rings. The summed E-state index contributed by atoms with van der Waals surface area (Å²) >= 11 is 0. The van der Waals surface area contributed by atoms with Gasteiger partial charge in [0.05, 0.1) is 25.4 Å². The van der Waals surface area contributed by atoms with Gasteiger partial charge in [0.15, 0.2) is 0 Å². The standard InChI is InChI=1S/C32H32N4O3/c1-34-17-15-26(16-18-34)32(38)36(29-6-4-5-23(19-29)9-14-31(37)39-3)22-24-7-10-25(11-8-24)27-12-13-30-28(20-27)21-33-35(30)2/h4-15,19-21H,16-18,22H2,1-3H3/b14-9+. The molecule has 5 rings (SSSR count). The van der Waals surface area contributed by atoms with Crippen LogP contribution in [0.25, 0.3) is 28.1 Å². The summed E-state index contributed by atoms with van der Waals surface area (Å²) in [4.78, 5) is 29.4. The van der Waals surface area contributed by atoms with E-state index in [0.29, 0.717) is 13.0 Å². The Bertz CT molecular complexity index is 1570. The highest BCUT2D eigenvalue weighted by Gasteiger charge is 2.23. The Labute approximate surface area is 228 Å². The van der Waals surface area contributed by atoms with Crippen molar-refractivity contribution in [1.82, 2.24) is 14.7 Å². The second kappa shape index (κ2) is 11.5. The van der Waals surface area contributed by atoms with E-state index in [4.69, 9.17) is 4.74 Å². The summed E-state index contributed by atoms with van der Waals surface area (Å²) in [5, 5.41) is 5.44. The van der Waals surface area contributed by atoms with E-state index in [0.717, 1.165) is 57.5 Å². The van der Waals surface area contributed by atoms with Gasteiger partial charge in [-0.15, -0.1) is 0 Å². The Morgan fingerprint density at radius 1 is 1.03 bits per heavy atom. The van der Waals surface area contributed by atoms with Gasteiger partial charge in [-0.25, -0.2) is 4.79 Å². The molecular weight excluding hydrogens is 488 g/mol. The highest BCUT2D eigenvalue weighted by atomic mass is 16.5. The maximum atomic E-state index is 13.8. The van der Waals surface area contributed by atoms with E-state index < -0.39 is 5.97 Å². The van der Waals surface area contributed by atoms with Gasteiger partial charge >= 0.3 is 5.97 Å². The van der Waals surface area contributed by atoms with Gasteiger partial charge in [0.2, 0.25) is 0 Å². The van der Waals surface area contributed by atoms with Crippen molar-refractivity contribution in [2.75, 3.05) is 32.1 Å². The number of anilines is 1. The van der Waals surface area contributed by atoms with Gasteiger partial charge < -0.3 is 14.5 Å². The summed E-state index contributed by atoms with van der Waals surface area (Å²) in [7, 11) is 5.35. The molecule has 0 radical (unpaired) electrons. The van der Waals surface area contributed by atoms with Crippen LogP contribution in [-0.2, 0) is 27.9 Å². The fourth-order valence-electron chi connectivity index (χ4n) is 4.78. The zero-order chi connectivity index (χ0) is 27.4. The topological polar surface area (TPSA) is 67.7 Å². The third-order valence-electron chi connectivity index (χ3n) is 7.10. The third-order valence-corrected chi connectivity index (χ3v) is 7.10. The number of esters is 1. The Balaban J connectivity index is 1.43. The largest absolute Gasteiger partial charge is 0.466 e. The molecular formula is C32H32N4O3. The predicted molar refractivity (Wildman–Crippen MR) is 155 cm³/mol. The van der Waals surface area contributed by atoms with Crippen molar-refractivity contribution in [1.29, 1.82) is 0 Å². The highest BCUT2D eigenvalue weighted by Crippen LogP contribution is 2.27. The lowest BCUT2D eigenvalue weighted by Crippen LogP contribution is -2.35. The van der Waals surface area contributed by atoms with Crippen LogP contribution in [0.2, 0.25) is 0 Å².